The van der Waals surface area contributed by atoms with Gasteiger partial charge in [0.2, 0.25) is 5.91 Å². The molecule has 1 unspecified atom stereocenters. The van der Waals surface area contributed by atoms with E-state index in [1.54, 1.807) is 11.8 Å². The van der Waals surface area contributed by atoms with Crippen LogP contribution in [0.1, 0.15) is 51.9 Å². The Kier molecular flexibility index (Phi) is 8.43. The van der Waals surface area contributed by atoms with Crippen LogP contribution in [0.25, 0.3) is 0 Å². The van der Waals surface area contributed by atoms with E-state index < -0.39 is 23.8 Å². The van der Waals surface area contributed by atoms with E-state index in [0.717, 1.165) is 47.7 Å². The first-order valence-corrected chi connectivity index (χ1v) is 12.5. The van der Waals surface area contributed by atoms with Crippen molar-refractivity contribution >= 4 is 50.6 Å². The van der Waals surface area contributed by atoms with Crippen LogP contribution < -0.4 is 9.62 Å². The lowest BCUT2D eigenvalue weighted by Crippen LogP contribution is -2.54. The Bertz CT molecular complexity index is 851. The number of rotatable bonds is 7. The fourth-order valence-corrected chi connectivity index (χ4v) is 5.81. The van der Waals surface area contributed by atoms with Gasteiger partial charge in [0.15, 0.2) is 5.13 Å². The minimum atomic E-state index is -2.53. The highest BCUT2D eigenvalue weighted by Gasteiger charge is 2.34. The smallest absolute Gasteiger partial charge is 0.324 e. The van der Waals surface area contributed by atoms with Gasteiger partial charge < -0.3 is 14.9 Å². The van der Waals surface area contributed by atoms with Crippen molar-refractivity contribution in [1.29, 1.82) is 0 Å². The topological polar surface area (TPSA) is 143 Å². The normalized spacial score (nSPS) is 18.8. The van der Waals surface area contributed by atoms with Crippen molar-refractivity contribution in [3.63, 3.8) is 0 Å². The molecular weight excluding hydrogens is 458 g/mol. The Morgan fingerprint density at radius 1 is 1.19 bits per heavy atom. The van der Waals surface area contributed by atoms with Crippen molar-refractivity contribution in [3.8, 4) is 0 Å². The zero-order valence-electron chi connectivity index (χ0n) is 17.9. The molecule has 1 atom stereocenters. The number of anilines is 2. The van der Waals surface area contributed by atoms with Crippen LogP contribution in [0.5, 0.6) is 0 Å². The Morgan fingerprint density at radius 2 is 1.81 bits per heavy atom. The first-order valence-electron chi connectivity index (χ1n) is 10.7. The van der Waals surface area contributed by atoms with Gasteiger partial charge in [-0.2, -0.15) is 0 Å². The maximum absolute atomic E-state index is 13.3. The third kappa shape index (κ3) is 6.17. The molecule has 1 saturated heterocycles. The largest absolute Gasteiger partial charge is 0.480 e. The summed E-state index contributed by atoms with van der Waals surface area (Å²) in [5, 5.41) is 12.2. The van der Waals surface area contributed by atoms with E-state index in [1.807, 2.05) is 4.90 Å². The van der Waals surface area contributed by atoms with Crippen LogP contribution >= 0.6 is 11.3 Å². The number of nitrogens with one attached hydrogen (secondary N) is 1. The number of aliphatic carboxylic acids is 1. The van der Waals surface area contributed by atoms with Crippen molar-refractivity contribution in [3.05, 3.63) is 6.20 Å². The number of carboxylic acid groups (broad SMARTS) is 1. The number of carbonyl (C=O) groups excluding carboxylic acids is 2. The highest BCUT2D eigenvalue weighted by Crippen LogP contribution is 2.31. The number of piperidine rings is 1. The standard InChI is InChI=1S/C19H29N5O6S2/c1-13(25)22-9-7-15(8-10-22)24(14-5-3-2-4-6-14)19(28)21-18-20-11-16(31-18)23(32(29)30)12-17(26)27/h11,14-15H,2-10,12H2,1H3,(H,26,27)(H,29,30)(H,20,21,28). The number of urea groups is 1. The molecule has 0 spiro atoms. The number of aromatic nitrogens is 1. The van der Waals surface area contributed by atoms with Gasteiger partial charge in [-0.05, 0) is 25.7 Å². The molecule has 3 rings (SSSR count). The first kappa shape index (κ1) is 24.4. The Labute approximate surface area is 193 Å². The Morgan fingerprint density at radius 3 is 2.38 bits per heavy atom. The van der Waals surface area contributed by atoms with Crippen molar-refractivity contribution in [2.75, 3.05) is 29.3 Å². The van der Waals surface area contributed by atoms with Gasteiger partial charge >= 0.3 is 12.0 Å². The van der Waals surface area contributed by atoms with Gasteiger partial charge in [-0.3, -0.25) is 19.5 Å². The first-order chi connectivity index (χ1) is 15.3. The molecule has 3 N–H and O–H groups in total. The molecule has 178 valence electrons. The number of likely N-dealkylation sites (tertiary alicyclic amines) is 1. The summed E-state index contributed by atoms with van der Waals surface area (Å²) in [7, 11) is 0. The van der Waals surface area contributed by atoms with Crippen LogP contribution in [-0.2, 0) is 20.9 Å². The zero-order chi connectivity index (χ0) is 23.3. The van der Waals surface area contributed by atoms with Gasteiger partial charge in [-0.15, -0.1) is 0 Å². The molecule has 1 aliphatic carbocycles. The van der Waals surface area contributed by atoms with E-state index in [4.69, 9.17) is 5.11 Å². The fourth-order valence-electron chi connectivity index (χ4n) is 4.38. The summed E-state index contributed by atoms with van der Waals surface area (Å²) in [5.41, 5.74) is 0. The molecule has 0 bridgehead atoms. The summed E-state index contributed by atoms with van der Waals surface area (Å²) in [6.07, 6.45) is 7.84. The number of carboxylic acids is 1. The Hall–Kier alpha value is -2.25. The Balaban J connectivity index is 1.73. The van der Waals surface area contributed by atoms with Crippen molar-refractivity contribution < 1.29 is 28.3 Å². The number of carbonyl (C=O) groups is 3. The highest BCUT2D eigenvalue weighted by molar-refractivity contribution is 7.81. The second-order valence-electron chi connectivity index (χ2n) is 8.03. The molecule has 2 heterocycles. The second-order valence-corrected chi connectivity index (χ2v) is 9.94. The molecule has 32 heavy (non-hydrogen) atoms. The summed E-state index contributed by atoms with van der Waals surface area (Å²) in [6.45, 7) is 2.12. The third-order valence-corrected chi connectivity index (χ3v) is 7.68. The molecule has 0 aromatic carbocycles. The monoisotopic (exact) mass is 487 g/mol. The van der Waals surface area contributed by atoms with Crippen molar-refractivity contribution in [2.24, 2.45) is 0 Å². The van der Waals surface area contributed by atoms with Gasteiger partial charge in [0.05, 0.1) is 6.20 Å². The minimum Gasteiger partial charge on any atom is -0.480 e. The van der Waals surface area contributed by atoms with Gasteiger partial charge in [-0.25, -0.2) is 18.3 Å². The lowest BCUT2D eigenvalue weighted by atomic mass is 9.91. The molecule has 13 heteroatoms. The van der Waals surface area contributed by atoms with E-state index in [0.29, 0.717) is 25.9 Å². The molecule has 1 aliphatic heterocycles. The lowest BCUT2D eigenvalue weighted by molar-refractivity contribution is -0.135. The maximum Gasteiger partial charge on any atom is 0.324 e. The molecule has 3 amide bonds. The molecular formula is C19H29N5O6S2. The van der Waals surface area contributed by atoms with Crippen molar-refractivity contribution in [1.82, 2.24) is 14.8 Å². The fraction of sp³-hybridized carbons (Fsp3) is 0.684. The molecule has 0 radical (unpaired) electrons. The lowest BCUT2D eigenvalue weighted by Gasteiger charge is -2.43. The van der Waals surface area contributed by atoms with E-state index in [2.05, 4.69) is 10.3 Å². The summed E-state index contributed by atoms with van der Waals surface area (Å²) in [5.74, 6) is -1.22. The quantitative estimate of drug-likeness (QED) is 0.501. The average Bonchev–Trinajstić information content (AvgIpc) is 3.21. The number of hydrogen-bond acceptors (Lipinski definition) is 6. The van der Waals surface area contributed by atoms with Crippen LogP contribution in [0, 0.1) is 0 Å². The van der Waals surface area contributed by atoms with E-state index in [9.17, 15) is 23.1 Å². The van der Waals surface area contributed by atoms with E-state index in [1.165, 1.54) is 6.20 Å². The molecule has 1 aromatic heterocycles. The summed E-state index contributed by atoms with van der Waals surface area (Å²) in [6, 6.07) is -0.152. The average molecular weight is 488 g/mol. The van der Waals surface area contributed by atoms with Gasteiger partial charge in [0.1, 0.15) is 11.5 Å². The van der Waals surface area contributed by atoms with Gasteiger partial charge in [-0.1, -0.05) is 30.6 Å². The van der Waals surface area contributed by atoms with Crippen LogP contribution in [0.3, 0.4) is 0 Å². The molecule has 1 saturated carbocycles. The summed E-state index contributed by atoms with van der Waals surface area (Å²) >= 11 is -1.59. The number of thiazole rings is 1. The third-order valence-electron chi connectivity index (χ3n) is 5.93. The zero-order valence-corrected chi connectivity index (χ0v) is 19.6. The predicted octanol–water partition coefficient (Wildman–Crippen LogP) is 2.35. The van der Waals surface area contributed by atoms with E-state index in [-0.39, 0.29) is 34.2 Å². The molecule has 1 aromatic rings. The van der Waals surface area contributed by atoms with Crippen molar-refractivity contribution in [2.45, 2.75) is 64.0 Å². The number of amides is 3. The number of nitrogens with zero attached hydrogens (tertiary/aromatic N) is 4. The molecule has 2 fully saturated rings. The maximum atomic E-state index is 13.3. The highest BCUT2D eigenvalue weighted by atomic mass is 32.2. The van der Waals surface area contributed by atoms with Crippen LogP contribution in [0.15, 0.2) is 6.20 Å². The molecule has 11 nitrogen and oxygen atoms in total. The van der Waals surface area contributed by atoms with E-state index >= 15 is 0 Å². The summed E-state index contributed by atoms with van der Waals surface area (Å²) < 4.78 is 21.7. The minimum absolute atomic E-state index is 0.0154. The van der Waals surface area contributed by atoms with Crippen LogP contribution in [-0.4, -0.2) is 78.3 Å². The van der Waals surface area contributed by atoms with Gasteiger partial charge in [0.25, 0.3) is 11.3 Å². The summed E-state index contributed by atoms with van der Waals surface area (Å²) in [4.78, 5) is 43.7. The predicted molar refractivity (Wildman–Crippen MR) is 121 cm³/mol. The second kappa shape index (κ2) is 11.1. The molecule has 2 aliphatic rings. The van der Waals surface area contributed by atoms with Crippen LogP contribution in [0.4, 0.5) is 14.9 Å². The number of hydrogen-bond donors (Lipinski definition) is 3. The van der Waals surface area contributed by atoms with Crippen LogP contribution in [0.2, 0.25) is 0 Å². The van der Waals surface area contributed by atoms with Gasteiger partial charge in [0, 0.05) is 32.1 Å². The SMILES string of the molecule is CC(=O)N1CCC(N(C(=O)Nc2ncc(N(CC(=O)O)S(=O)O)s2)C2CCCCC2)CC1.